The van der Waals surface area contributed by atoms with Gasteiger partial charge in [-0.25, -0.2) is 0 Å². The molecule has 1 aliphatic carbocycles. The lowest BCUT2D eigenvalue weighted by Gasteiger charge is -2.28. The van der Waals surface area contributed by atoms with Gasteiger partial charge in [0, 0.05) is 30.9 Å². The van der Waals surface area contributed by atoms with Crippen molar-refractivity contribution in [1.82, 2.24) is 0 Å². The maximum Gasteiger partial charge on any atom is 0.224 e. The third-order valence-corrected chi connectivity index (χ3v) is 4.82. The van der Waals surface area contributed by atoms with E-state index in [9.17, 15) is 4.79 Å². The molecule has 2 fully saturated rings. The van der Waals surface area contributed by atoms with E-state index >= 15 is 0 Å². The molecule has 0 bridgehead atoms. The Morgan fingerprint density at radius 2 is 1.67 bits per heavy atom. The Kier molecular flexibility index (Phi) is 4.79. The third kappa shape index (κ3) is 3.99. The van der Waals surface area contributed by atoms with Crippen LogP contribution in [0.2, 0.25) is 0 Å². The summed E-state index contributed by atoms with van der Waals surface area (Å²) in [6.45, 7) is 2.32. The number of anilines is 2. The minimum absolute atomic E-state index is 0.174. The van der Waals surface area contributed by atoms with E-state index in [1.54, 1.807) is 0 Å². The summed E-state index contributed by atoms with van der Waals surface area (Å²) < 4.78 is 0. The molecule has 0 spiro atoms. The lowest BCUT2D eigenvalue weighted by atomic mass is 10.0. The quantitative estimate of drug-likeness (QED) is 0.900. The SMILES string of the molecule is O=C(CC1CCCC1)Nc1ccc(N2CCCCC2)cc1. The van der Waals surface area contributed by atoms with E-state index in [0.29, 0.717) is 12.3 Å². The average molecular weight is 286 g/mol. The maximum atomic E-state index is 12.0. The predicted octanol–water partition coefficient (Wildman–Crippen LogP) is 4.20. The van der Waals surface area contributed by atoms with Crippen molar-refractivity contribution in [3.8, 4) is 0 Å². The van der Waals surface area contributed by atoms with Gasteiger partial charge in [-0.1, -0.05) is 12.8 Å². The van der Waals surface area contributed by atoms with Crippen LogP contribution in [0, 0.1) is 5.92 Å². The van der Waals surface area contributed by atoms with Crippen molar-refractivity contribution in [3.05, 3.63) is 24.3 Å². The molecule has 114 valence electrons. The van der Waals surface area contributed by atoms with E-state index in [4.69, 9.17) is 0 Å². The first-order valence-electron chi connectivity index (χ1n) is 8.46. The molecular formula is C18H26N2O. The normalized spacial score (nSPS) is 19.7. The van der Waals surface area contributed by atoms with E-state index in [0.717, 1.165) is 18.8 Å². The van der Waals surface area contributed by atoms with Gasteiger partial charge in [0.1, 0.15) is 0 Å². The first-order valence-corrected chi connectivity index (χ1v) is 8.46. The highest BCUT2D eigenvalue weighted by Gasteiger charge is 2.18. The lowest BCUT2D eigenvalue weighted by Crippen LogP contribution is -2.29. The van der Waals surface area contributed by atoms with Crippen molar-refractivity contribution in [2.24, 2.45) is 5.92 Å². The molecule has 0 radical (unpaired) electrons. The zero-order valence-electron chi connectivity index (χ0n) is 12.8. The van der Waals surface area contributed by atoms with Crippen LogP contribution in [0.25, 0.3) is 0 Å². The van der Waals surface area contributed by atoms with Crippen molar-refractivity contribution in [3.63, 3.8) is 0 Å². The van der Waals surface area contributed by atoms with Crippen LogP contribution in [0.3, 0.4) is 0 Å². The molecule has 1 aromatic rings. The van der Waals surface area contributed by atoms with Crippen LogP contribution in [0.15, 0.2) is 24.3 Å². The Morgan fingerprint density at radius 3 is 2.33 bits per heavy atom. The number of benzene rings is 1. The highest BCUT2D eigenvalue weighted by Crippen LogP contribution is 2.28. The van der Waals surface area contributed by atoms with Crippen LogP contribution >= 0.6 is 0 Å². The fraction of sp³-hybridized carbons (Fsp3) is 0.611. The first-order chi connectivity index (χ1) is 10.3. The Labute approximate surface area is 127 Å². The summed E-state index contributed by atoms with van der Waals surface area (Å²) >= 11 is 0. The number of piperidine rings is 1. The van der Waals surface area contributed by atoms with Gasteiger partial charge in [0.15, 0.2) is 0 Å². The van der Waals surface area contributed by atoms with Gasteiger partial charge in [0.2, 0.25) is 5.91 Å². The van der Waals surface area contributed by atoms with Gasteiger partial charge in [-0.15, -0.1) is 0 Å². The van der Waals surface area contributed by atoms with Gasteiger partial charge < -0.3 is 10.2 Å². The van der Waals surface area contributed by atoms with Gasteiger partial charge in [0.05, 0.1) is 0 Å². The van der Waals surface area contributed by atoms with Gasteiger partial charge in [-0.05, 0) is 62.3 Å². The summed E-state index contributed by atoms with van der Waals surface area (Å²) in [5, 5.41) is 3.04. The molecule has 1 amide bonds. The van der Waals surface area contributed by atoms with Crippen LogP contribution in [0.1, 0.15) is 51.4 Å². The van der Waals surface area contributed by atoms with Crippen molar-refractivity contribution < 1.29 is 4.79 Å². The van der Waals surface area contributed by atoms with Crippen molar-refractivity contribution in [2.45, 2.75) is 51.4 Å². The molecule has 1 aliphatic heterocycles. The molecule has 3 nitrogen and oxygen atoms in total. The second kappa shape index (κ2) is 6.97. The number of carbonyl (C=O) groups is 1. The standard InChI is InChI=1S/C18H26N2O/c21-18(14-15-6-2-3-7-15)19-16-8-10-17(11-9-16)20-12-4-1-5-13-20/h8-11,15H,1-7,12-14H2,(H,19,21). The third-order valence-electron chi connectivity index (χ3n) is 4.82. The van der Waals surface area contributed by atoms with Crippen LogP contribution < -0.4 is 10.2 Å². The summed E-state index contributed by atoms with van der Waals surface area (Å²) in [6.07, 6.45) is 9.66. The molecular weight excluding hydrogens is 260 g/mol. The topological polar surface area (TPSA) is 32.3 Å². The minimum Gasteiger partial charge on any atom is -0.372 e. The number of hydrogen-bond acceptors (Lipinski definition) is 2. The van der Waals surface area contributed by atoms with Gasteiger partial charge >= 0.3 is 0 Å². The van der Waals surface area contributed by atoms with Gasteiger partial charge in [-0.2, -0.15) is 0 Å². The van der Waals surface area contributed by atoms with Crippen molar-refractivity contribution >= 4 is 17.3 Å². The minimum atomic E-state index is 0.174. The highest BCUT2D eigenvalue weighted by atomic mass is 16.1. The molecule has 1 N–H and O–H groups in total. The van der Waals surface area contributed by atoms with Crippen molar-refractivity contribution in [2.75, 3.05) is 23.3 Å². The summed E-state index contributed by atoms with van der Waals surface area (Å²) in [5.41, 5.74) is 2.21. The van der Waals surface area contributed by atoms with Crippen molar-refractivity contribution in [1.29, 1.82) is 0 Å². The zero-order chi connectivity index (χ0) is 14.5. The lowest BCUT2D eigenvalue weighted by molar-refractivity contribution is -0.117. The van der Waals surface area contributed by atoms with Crippen LogP contribution in [-0.2, 0) is 4.79 Å². The Bertz CT molecular complexity index is 457. The predicted molar refractivity (Wildman–Crippen MR) is 87.7 cm³/mol. The van der Waals surface area contributed by atoms with E-state index in [1.807, 2.05) is 12.1 Å². The number of amides is 1. The molecule has 21 heavy (non-hydrogen) atoms. The maximum absolute atomic E-state index is 12.0. The molecule has 0 unspecified atom stereocenters. The number of nitrogens with zero attached hydrogens (tertiary/aromatic N) is 1. The molecule has 0 aromatic heterocycles. The van der Waals surface area contributed by atoms with E-state index in [-0.39, 0.29) is 5.91 Å². The monoisotopic (exact) mass is 286 g/mol. The largest absolute Gasteiger partial charge is 0.372 e. The second-order valence-electron chi connectivity index (χ2n) is 6.50. The molecule has 0 atom stereocenters. The van der Waals surface area contributed by atoms with Crippen LogP contribution in [0.5, 0.6) is 0 Å². The van der Waals surface area contributed by atoms with E-state index in [2.05, 4.69) is 22.3 Å². The zero-order valence-corrected chi connectivity index (χ0v) is 12.8. The van der Waals surface area contributed by atoms with E-state index in [1.165, 1.54) is 50.6 Å². The highest BCUT2D eigenvalue weighted by molar-refractivity contribution is 5.91. The molecule has 1 heterocycles. The van der Waals surface area contributed by atoms with Gasteiger partial charge in [-0.3, -0.25) is 4.79 Å². The fourth-order valence-electron chi connectivity index (χ4n) is 3.60. The van der Waals surface area contributed by atoms with Gasteiger partial charge in [0.25, 0.3) is 0 Å². The number of nitrogens with one attached hydrogen (secondary N) is 1. The molecule has 3 heteroatoms. The molecule has 1 saturated heterocycles. The average Bonchev–Trinajstić information content (AvgIpc) is 3.02. The Balaban J connectivity index is 1.52. The molecule has 2 aliphatic rings. The molecule has 3 rings (SSSR count). The summed E-state index contributed by atoms with van der Waals surface area (Å²) in [4.78, 5) is 14.5. The fourth-order valence-corrected chi connectivity index (χ4v) is 3.60. The molecule has 1 aromatic carbocycles. The second-order valence-corrected chi connectivity index (χ2v) is 6.50. The molecule has 1 saturated carbocycles. The number of carbonyl (C=O) groups excluding carboxylic acids is 1. The smallest absolute Gasteiger partial charge is 0.224 e. The summed E-state index contributed by atoms with van der Waals surface area (Å²) in [5.74, 6) is 0.783. The Hall–Kier alpha value is -1.51. The van der Waals surface area contributed by atoms with Crippen LogP contribution in [-0.4, -0.2) is 19.0 Å². The van der Waals surface area contributed by atoms with Crippen LogP contribution in [0.4, 0.5) is 11.4 Å². The van der Waals surface area contributed by atoms with E-state index < -0.39 is 0 Å². The Morgan fingerprint density at radius 1 is 1.00 bits per heavy atom. The summed E-state index contributed by atoms with van der Waals surface area (Å²) in [6, 6.07) is 8.35. The number of rotatable bonds is 4. The first kappa shape index (κ1) is 14.4. The summed E-state index contributed by atoms with van der Waals surface area (Å²) in [7, 11) is 0. The number of hydrogen-bond donors (Lipinski definition) is 1.